The number of rotatable bonds is 16. The van der Waals surface area contributed by atoms with Gasteiger partial charge in [-0.05, 0) is 12.8 Å². The Morgan fingerprint density at radius 1 is 0.900 bits per heavy atom. The number of nitro groups is 1. The van der Waals surface area contributed by atoms with Crippen LogP contribution in [0.15, 0.2) is 5.10 Å². The first-order valence-corrected chi connectivity index (χ1v) is 12.5. The minimum absolute atomic E-state index is 0.0974. The van der Waals surface area contributed by atoms with E-state index in [2.05, 4.69) is 5.10 Å². The first kappa shape index (κ1) is 34.2. The summed E-state index contributed by atoms with van der Waals surface area (Å²) in [4.78, 5) is 70.8. The van der Waals surface area contributed by atoms with Gasteiger partial charge in [-0.1, -0.05) is 0 Å². The Balaban J connectivity index is 3.67. The standard InChI is InChI=1S/C24H37N3O13/c1-14(28)36-13-21(37-15(2)29)23(39-17(4)31)24(40-18(5)32)22(38-16(3)30)19(11-27(33)34)10-25-26-9-7-8-20(26)12-35-6/h10,19-24H,7-9,11-13H2,1-6H3/b25-10+/t19-,20+,21+,22+,23+,24+/m0/s1. The van der Waals surface area contributed by atoms with E-state index < -0.39 is 78.3 Å². The number of ether oxygens (including phenoxy) is 6. The SMILES string of the molecule is COC[C@H]1CCCN1/N=C/[C@@H](C[N+](=O)[O-])[C@@H](OC(C)=O)[C@@H](OC(C)=O)[C@H](OC(C)=O)[C@@H](COC(C)=O)OC(C)=O. The van der Waals surface area contributed by atoms with Crippen LogP contribution in [0.25, 0.3) is 0 Å². The van der Waals surface area contributed by atoms with Crippen molar-refractivity contribution in [2.75, 3.05) is 33.4 Å². The third kappa shape index (κ3) is 12.4. The summed E-state index contributed by atoms with van der Waals surface area (Å²) in [7, 11) is 1.53. The number of carbonyl (C=O) groups is 5. The van der Waals surface area contributed by atoms with Crippen molar-refractivity contribution in [1.82, 2.24) is 5.01 Å². The molecule has 6 atom stereocenters. The van der Waals surface area contributed by atoms with Crippen LogP contribution in [0.3, 0.4) is 0 Å². The zero-order chi connectivity index (χ0) is 30.4. The monoisotopic (exact) mass is 575 g/mol. The van der Waals surface area contributed by atoms with Gasteiger partial charge in [-0.25, -0.2) is 0 Å². The molecule has 0 bridgehead atoms. The molecule has 0 radical (unpaired) electrons. The molecule has 1 aliphatic rings. The van der Waals surface area contributed by atoms with Crippen molar-refractivity contribution in [3.63, 3.8) is 0 Å². The summed E-state index contributed by atoms with van der Waals surface area (Å²) in [6.07, 6.45) is -3.92. The molecule has 0 N–H and O–H groups in total. The molecule has 0 unspecified atom stereocenters. The lowest BCUT2D eigenvalue weighted by Gasteiger charge is -2.36. The normalized spacial score (nSPS) is 18.6. The van der Waals surface area contributed by atoms with Crippen molar-refractivity contribution >= 4 is 36.1 Å². The summed E-state index contributed by atoms with van der Waals surface area (Å²) < 4.78 is 31.5. The third-order valence-corrected chi connectivity index (χ3v) is 5.58. The lowest BCUT2D eigenvalue weighted by atomic mass is 9.92. The summed E-state index contributed by atoms with van der Waals surface area (Å²) in [6, 6.07) is -0.0974. The fourth-order valence-electron chi connectivity index (χ4n) is 4.17. The Morgan fingerprint density at radius 2 is 1.45 bits per heavy atom. The number of hydrogen-bond acceptors (Lipinski definition) is 15. The zero-order valence-electron chi connectivity index (χ0n) is 23.4. The predicted octanol–water partition coefficient (Wildman–Crippen LogP) is 0.266. The Labute approximate surface area is 231 Å². The highest BCUT2D eigenvalue weighted by Crippen LogP contribution is 2.25. The molecule has 226 valence electrons. The molecular formula is C24H37N3O13. The van der Waals surface area contributed by atoms with Gasteiger partial charge in [0, 0.05) is 59.4 Å². The van der Waals surface area contributed by atoms with Crippen LogP contribution in [0, 0.1) is 16.0 Å². The quantitative estimate of drug-likeness (QED) is 0.0798. The second-order valence-electron chi connectivity index (χ2n) is 9.03. The number of hydrazone groups is 1. The molecule has 1 heterocycles. The Kier molecular flexibility index (Phi) is 14.5. The first-order chi connectivity index (χ1) is 18.7. The van der Waals surface area contributed by atoms with Gasteiger partial charge >= 0.3 is 29.8 Å². The van der Waals surface area contributed by atoms with Gasteiger partial charge in [0.1, 0.15) is 12.5 Å². The fourth-order valence-corrected chi connectivity index (χ4v) is 4.17. The van der Waals surface area contributed by atoms with Gasteiger partial charge in [-0.2, -0.15) is 5.10 Å². The molecule has 40 heavy (non-hydrogen) atoms. The van der Waals surface area contributed by atoms with Crippen LogP contribution in [0.2, 0.25) is 0 Å². The number of hydrogen-bond donors (Lipinski definition) is 0. The van der Waals surface area contributed by atoms with Crippen molar-refractivity contribution in [3.8, 4) is 0 Å². The van der Waals surface area contributed by atoms with Crippen molar-refractivity contribution in [2.24, 2.45) is 11.0 Å². The molecule has 0 amide bonds. The third-order valence-electron chi connectivity index (χ3n) is 5.58. The van der Waals surface area contributed by atoms with Crippen molar-refractivity contribution < 1.29 is 57.3 Å². The van der Waals surface area contributed by atoms with Crippen molar-refractivity contribution in [2.45, 2.75) is 77.9 Å². The van der Waals surface area contributed by atoms with Crippen molar-refractivity contribution in [3.05, 3.63) is 10.1 Å². The van der Waals surface area contributed by atoms with Crippen LogP contribution in [0.1, 0.15) is 47.5 Å². The molecule has 16 nitrogen and oxygen atoms in total. The number of methoxy groups -OCH3 is 1. The molecule has 0 aromatic heterocycles. The van der Waals surface area contributed by atoms with E-state index in [1.807, 2.05) is 0 Å². The first-order valence-electron chi connectivity index (χ1n) is 12.5. The summed E-state index contributed by atoms with van der Waals surface area (Å²) >= 11 is 0. The van der Waals surface area contributed by atoms with E-state index in [0.717, 1.165) is 47.5 Å². The molecule has 1 fully saturated rings. The molecule has 0 aromatic carbocycles. The van der Waals surface area contributed by atoms with Gasteiger partial charge in [-0.15, -0.1) is 0 Å². The summed E-state index contributed by atoms with van der Waals surface area (Å²) in [5, 5.41) is 17.7. The average molecular weight is 576 g/mol. The van der Waals surface area contributed by atoms with E-state index in [4.69, 9.17) is 28.4 Å². The summed E-state index contributed by atoms with van der Waals surface area (Å²) in [5.74, 6) is -5.74. The number of carbonyl (C=O) groups excluding carboxylic acids is 5. The van der Waals surface area contributed by atoms with Gasteiger partial charge in [0.05, 0.1) is 12.6 Å². The molecular weight excluding hydrogens is 538 g/mol. The highest BCUT2D eigenvalue weighted by Gasteiger charge is 2.47. The topological polar surface area (TPSA) is 199 Å². The maximum atomic E-state index is 12.2. The van der Waals surface area contributed by atoms with Gasteiger partial charge < -0.3 is 28.4 Å². The second-order valence-corrected chi connectivity index (χ2v) is 9.03. The predicted molar refractivity (Wildman–Crippen MR) is 134 cm³/mol. The minimum Gasteiger partial charge on any atom is -0.462 e. The van der Waals surface area contributed by atoms with Crippen LogP contribution in [-0.2, 0) is 52.4 Å². The Morgan fingerprint density at radius 3 is 1.95 bits per heavy atom. The van der Waals surface area contributed by atoms with Crippen LogP contribution in [0.5, 0.6) is 0 Å². The maximum Gasteiger partial charge on any atom is 0.303 e. The zero-order valence-corrected chi connectivity index (χ0v) is 23.4. The van der Waals surface area contributed by atoms with Crippen LogP contribution in [0.4, 0.5) is 0 Å². The molecule has 1 saturated heterocycles. The molecule has 16 heteroatoms. The fraction of sp³-hybridized carbons (Fsp3) is 0.750. The van der Waals surface area contributed by atoms with Gasteiger partial charge in [0.25, 0.3) is 0 Å². The molecule has 0 saturated carbocycles. The van der Waals surface area contributed by atoms with E-state index in [9.17, 15) is 34.1 Å². The Hall–Kier alpha value is -3.82. The van der Waals surface area contributed by atoms with Crippen LogP contribution >= 0.6 is 0 Å². The van der Waals surface area contributed by atoms with Crippen molar-refractivity contribution in [1.29, 1.82) is 0 Å². The average Bonchev–Trinajstić information content (AvgIpc) is 3.26. The van der Waals surface area contributed by atoms with Crippen LogP contribution in [-0.4, -0.2) is 110 Å². The van der Waals surface area contributed by atoms with Crippen LogP contribution < -0.4 is 0 Å². The molecule has 0 aromatic rings. The number of esters is 5. The van der Waals surface area contributed by atoms with Gasteiger partial charge in [-0.3, -0.25) is 39.1 Å². The lowest BCUT2D eigenvalue weighted by Crippen LogP contribution is -2.56. The molecule has 1 rings (SSSR count). The maximum absolute atomic E-state index is 12.2. The molecule has 1 aliphatic heterocycles. The molecule has 0 aliphatic carbocycles. The second kappa shape index (κ2) is 17.0. The largest absolute Gasteiger partial charge is 0.462 e. The van der Waals surface area contributed by atoms with E-state index in [0.29, 0.717) is 13.2 Å². The van der Waals surface area contributed by atoms with E-state index in [-0.39, 0.29) is 6.04 Å². The highest BCUT2D eigenvalue weighted by molar-refractivity contribution is 5.70. The lowest BCUT2D eigenvalue weighted by molar-refractivity contribution is -0.487. The molecule has 0 spiro atoms. The smallest absolute Gasteiger partial charge is 0.303 e. The van der Waals surface area contributed by atoms with E-state index in [1.165, 1.54) is 13.3 Å². The highest BCUT2D eigenvalue weighted by atomic mass is 16.6. The Bertz CT molecular complexity index is 941. The van der Waals surface area contributed by atoms with Gasteiger partial charge in [0.15, 0.2) is 24.4 Å². The van der Waals surface area contributed by atoms with E-state index >= 15 is 0 Å². The minimum atomic E-state index is -1.75. The van der Waals surface area contributed by atoms with E-state index in [1.54, 1.807) is 5.01 Å². The van der Waals surface area contributed by atoms with Gasteiger partial charge in [0.2, 0.25) is 6.54 Å². The summed E-state index contributed by atoms with van der Waals surface area (Å²) in [5.41, 5.74) is 0. The summed E-state index contributed by atoms with van der Waals surface area (Å²) in [6.45, 7) is 4.57. The number of nitrogens with zero attached hydrogens (tertiary/aromatic N) is 3.